The predicted molar refractivity (Wildman–Crippen MR) is 258 cm³/mol. The van der Waals surface area contributed by atoms with E-state index in [0.29, 0.717) is 17.5 Å². The highest BCUT2D eigenvalue weighted by molar-refractivity contribution is 7.26. The molecule has 0 atom stereocenters. The number of fused-ring (bicyclic) bond motifs is 6. The third-order valence-corrected chi connectivity index (χ3v) is 13.0. The molecule has 0 unspecified atom stereocenters. The molecule has 290 valence electrons. The number of hydrogen-bond acceptors (Lipinski definition) is 5. The first kappa shape index (κ1) is 35.9. The molecule has 12 aromatic rings. The summed E-state index contributed by atoms with van der Waals surface area (Å²) in [5, 5.41) is 4.51. The van der Waals surface area contributed by atoms with Crippen molar-refractivity contribution in [3.05, 3.63) is 212 Å². The van der Waals surface area contributed by atoms with Crippen molar-refractivity contribution in [1.29, 1.82) is 0 Å². The summed E-state index contributed by atoms with van der Waals surface area (Å²) < 4.78 is 8.88. The van der Waals surface area contributed by atoms with Crippen LogP contribution >= 0.6 is 11.3 Å². The molecule has 3 heterocycles. The van der Waals surface area contributed by atoms with Gasteiger partial charge in [0, 0.05) is 47.6 Å². The lowest BCUT2D eigenvalue weighted by Gasteiger charge is -2.13. The number of nitrogens with zero attached hydrogens (tertiary/aromatic N) is 3. The van der Waals surface area contributed by atoms with Gasteiger partial charge in [-0.15, -0.1) is 11.3 Å². The van der Waals surface area contributed by atoms with Crippen LogP contribution < -0.4 is 0 Å². The maximum atomic E-state index is 6.35. The zero-order chi connectivity index (χ0) is 41.0. The van der Waals surface area contributed by atoms with E-state index in [-0.39, 0.29) is 0 Å². The van der Waals surface area contributed by atoms with Gasteiger partial charge in [-0.2, -0.15) is 0 Å². The highest BCUT2D eigenvalue weighted by Gasteiger charge is 2.20. The van der Waals surface area contributed by atoms with Crippen LogP contribution in [0.4, 0.5) is 0 Å². The van der Waals surface area contributed by atoms with Gasteiger partial charge in [0.25, 0.3) is 0 Å². The first-order chi connectivity index (χ1) is 30.7. The number of para-hydroxylation sites is 1. The van der Waals surface area contributed by atoms with Gasteiger partial charge in [0.2, 0.25) is 0 Å². The Hall–Kier alpha value is -7.99. The van der Waals surface area contributed by atoms with E-state index in [1.54, 1.807) is 0 Å². The number of furan rings is 1. The predicted octanol–water partition coefficient (Wildman–Crippen LogP) is 15.8. The number of aromatic nitrogens is 3. The van der Waals surface area contributed by atoms with Crippen molar-refractivity contribution in [1.82, 2.24) is 15.0 Å². The summed E-state index contributed by atoms with van der Waals surface area (Å²) in [6.07, 6.45) is 0. The van der Waals surface area contributed by atoms with Crippen LogP contribution in [0.25, 0.3) is 121 Å². The number of thiophene rings is 1. The van der Waals surface area contributed by atoms with Gasteiger partial charge in [-0.05, 0) is 74.8 Å². The number of benzene rings is 9. The van der Waals surface area contributed by atoms with Crippen LogP contribution in [0, 0.1) is 0 Å². The molecule has 4 nitrogen and oxygen atoms in total. The zero-order valence-corrected chi connectivity index (χ0v) is 34.2. The maximum Gasteiger partial charge on any atom is 0.164 e. The topological polar surface area (TPSA) is 51.8 Å². The summed E-state index contributed by atoms with van der Waals surface area (Å²) in [6, 6.07) is 74.6. The monoisotopic (exact) mass is 809 g/mol. The summed E-state index contributed by atoms with van der Waals surface area (Å²) >= 11 is 1.86. The zero-order valence-electron chi connectivity index (χ0n) is 33.4. The normalized spacial score (nSPS) is 11.5. The first-order valence-electron chi connectivity index (χ1n) is 20.8. The lowest BCUT2D eigenvalue weighted by Crippen LogP contribution is -2.01. The fourth-order valence-electron chi connectivity index (χ4n) is 8.76. The Morgan fingerprint density at radius 2 is 0.742 bits per heavy atom. The second kappa shape index (κ2) is 14.9. The van der Waals surface area contributed by atoms with Crippen molar-refractivity contribution in [2.45, 2.75) is 0 Å². The molecule has 5 heteroatoms. The first-order valence-corrected chi connectivity index (χ1v) is 21.6. The van der Waals surface area contributed by atoms with E-state index in [9.17, 15) is 0 Å². The number of rotatable bonds is 7. The second-order valence-corrected chi connectivity index (χ2v) is 16.5. The van der Waals surface area contributed by atoms with Gasteiger partial charge in [0.1, 0.15) is 11.2 Å². The minimum atomic E-state index is 0.584. The molecule has 12 rings (SSSR count). The average molecular weight is 810 g/mol. The third kappa shape index (κ3) is 6.26. The van der Waals surface area contributed by atoms with Crippen LogP contribution in [-0.4, -0.2) is 15.0 Å². The Kier molecular flexibility index (Phi) is 8.65. The average Bonchev–Trinajstić information content (AvgIpc) is 3.94. The minimum absolute atomic E-state index is 0.584. The molecule has 0 saturated carbocycles. The van der Waals surface area contributed by atoms with Crippen molar-refractivity contribution in [3.63, 3.8) is 0 Å². The van der Waals surface area contributed by atoms with Crippen molar-refractivity contribution in [2.24, 2.45) is 0 Å². The van der Waals surface area contributed by atoms with E-state index in [4.69, 9.17) is 19.4 Å². The molecular weight excluding hydrogens is 775 g/mol. The Labute approximate surface area is 362 Å². The van der Waals surface area contributed by atoms with Crippen molar-refractivity contribution >= 4 is 53.4 Å². The van der Waals surface area contributed by atoms with Crippen molar-refractivity contribution in [3.8, 4) is 78.7 Å². The van der Waals surface area contributed by atoms with Crippen LogP contribution in [0.3, 0.4) is 0 Å². The highest BCUT2D eigenvalue weighted by Crippen LogP contribution is 2.45. The van der Waals surface area contributed by atoms with Gasteiger partial charge in [-0.3, -0.25) is 0 Å². The summed E-state index contributed by atoms with van der Waals surface area (Å²) in [5.41, 5.74) is 13.5. The molecule has 0 spiro atoms. The Morgan fingerprint density at radius 3 is 1.44 bits per heavy atom. The smallest absolute Gasteiger partial charge is 0.164 e. The third-order valence-electron chi connectivity index (χ3n) is 11.7. The Balaban J connectivity index is 1.09. The molecule has 0 aliphatic heterocycles. The van der Waals surface area contributed by atoms with E-state index in [0.717, 1.165) is 66.4 Å². The highest BCUT2D eigenvalue weighted by atomic mass is 32.1. The molecule has 3 aromatic heterocycles. The molecule has 0 aliphatic rings. The molecule has 0 fully saturated rings. The molecule has 9 aromatic carbocycles. The van der Waals surface area contributed by atoms with E-state index in [1.165, 1.54) is 36.9 Å². The minimum Gasteiger partial charge on any atom is -0.456 e. The van der Waals surface area contributed by atoms with Crippen molar-refractivity contribution < 1.29 is 4.42 Å². The summed E-state index contributed by atoms with van der Waals surface area (Å²) in [5.74, 6) is 1.78. The van der Waals surface area contributed by atoms with E-state index in [1.807, 2.05) is 47.7 Å². The van der Waals surface area contributed by atoms with Gasteiger partial charge in [-0.1, -0.05) is 182 Å². The van der Waals surface area contributed by atoms with E-state index < -0.39 is 0 Å². The molecule has 62 heavy (non-hydrogen) atoms. The van der Waals surface area contributed by atoms with Crippen molar-refractivity contribution in [2.75, 3.05) is 0 Å². The SMILES string of the molecule is c1ccc(-c2ccc(-c3nc(-c4cc(-c5ccccc5)cc(-c5cccc6c5sc5c(-c7ccccc7)cccc56)c4)nc(-c4cccc5oc6ccccc6c45)n3)cc2)cc1. The van der Waals surface area contributed by atoms with Crippen LogP contribution in [0.1, 0.15) is 0 Å². The lowest BCUT2D eigenvalue weighted by molar-refractivity contribution is 0.669. The standard InChI is InChI=1S/C57H35N3OS/c1-4-15-36(16-5-1)38-29-31-40(32-30-38)55-58-56(60-57(59-55)49-26-14-28-51-52(49)48-21-10-11-27-50(48)61-51)43-34-41(37-17-6-2-7-18-37)33-42(35-43)45-23-13-25-47-46-24-12-22-44(53(46)62-54(45)47)39-19-8-3-9-20-39/h1-35H. The molecule has 0 radical (unpaired) electrons. The summed E-state index contributed by atoms with van der Waals surface area (Å²) in [6.45, 7) is 0. The van der Waals surface area contributed by atoms with Gasteiger partial charge in [0.05, 0.1) is 0 Å². The van der Waals surface area contributed by atoms with E-state index in [2.05, 4.69) is 176 Å². The summed E-state index contributed by atoms with van der Waals surface area (Å²) in [7, 11) is 0. The lowest BCUT2D eigenvalue weighted by atomic mass is 9.94. The number of hydrogen-bond donors (Lipinski definition) is 0. The largest absolute Gasteiger partial charge is 0.456 e. The fourth-order valence-corrected chi connectivity index (χ4v) is 10.1. The van der Waals surface area contributed by atoms with Crippen LogP contribution in [0.5, 0.6) is 0 Å². The van der Waals surface area contributed by atoms with Gasteiger partial charge in [0.15, 0.2) is 17.5 Å². The fraction of sp³-hybridized carbons (Fsp3) is 0. The van der Waals surface area contributed by atoms with Crippen LogP contribution in [0.2, 0.25) is 0 Å². The molecule has 0 amide bonds. The van der Waals surface area contributed by atoms with Gasteiger partial charge < -0.3 is 4.42 Å². The quantitative estimate of drug-likeness (QED) is 0.161. The molecule has 0 saturated heterocycles. The van der Waals surface area contributed by atoms with E-state index >= 15 is 0 Å². The second-order valence-electron chi connectivity index (χ2n) is 15.5. The Morgan fingerprint density at radius 1 is 0.290 bits per heavy atom. The molecule has 0 N–H and O–H groups in total. The molecule has 0 bridgehead atoms. The maximum absolute atomic E-state index is 6.35. The van der Waals surface area contributed by atoms with Gasteiger partial charge >= 0.3 is 0 Å². The summed E-state index contributed by atoms with van der Waals surface area (Å²) in [4.78, 5) is 15.9. The molecule has 0 aliphatic carbocycles. The van der Waals surface area contributed by atoms with Crippen LogP contribution in [0.15, 0.2) is 217 Å². The van der Waals surface area contributed by atoms with Crippen LogP contribution in [-0.2, 0) is 0 Å². The Bertz CT molecular complexity index is 3610. The molecular formula is C57H35N3OS. The van der Waals surface area contributed by atoms with Gasteiger partial charge in [-0.25, -0.2) is 15.0 Å².